The number of rotatable bonds is 5. The van der Waals surface area contributed by atoms with Crippen molar-refractivity contribution in [1.82, 2.24) is 0 Å². The highest BCUT2D eigenvalue weighted by atomic mass is 79.9. The first-order valence-corrected chi connectivity index (χ1v) is 7.79. The van der Waals surface area contributed by atoms with Crippen LogP contribution in [-0.4, -0.2) is 23.5 Å². The SMILES string of the molecule is Nc1ccccc1N(CCC(=O)O)C(=O)c1sccc1Br. The molecular formula is C14H13BrN2O3S. The van der Waals surface area contributed by atoms with Crippen molar-refractivity contribution in [3.05, 3.63) is 45.1 Å². The molecule has 21 heavy (non-hydrogen) atoms. The van der Waals surface area contributed by atoms with E-state index in [1.165, 1.54) is 16.2 Å². The Morgan fingerprint density at radius 1 is 1.29 bits per heavy atom. The van der Waals surface area contributed by atoms with Gasteiger partial charge < -0.3 is 15.7 Å². The zero-order valence-corrected chi connectivity index (χ0v) is 13.4. The number of nitrogen functional groups attached to an aromatic ring is 1. The molecule has 0 atom stereocenters. The maximum absolute atomic E-state index is 12.6. The maximum atomic E-state index is 12.6. The lowest BCUT2D eigenvalue weighted by Crippen LogP contribution is -2.33. The summed E-state index contributed by atoms with van der Waals surface area (Å²) >= 11 is 4.62. The van der Waals surface area contributed by atoms with Crippen LogP contribution < -0.4 is 10.6 Å². The average Bonchev–Trinajstić information content (AvgIpc) is 2.86. The number of para-hydroxylation sites is 2. The zero-order valence-electron chi connectivity index (χ0n) is 11.0. The molecule has 7 heteroatoms. The Morgan fingerprint density at radius 3 is 2.57 bits per heavy atom. The predicted molar refractivity (Wildman–Crippen MR) is 86.8 cm³/mol. The molecule has 3 N–H and O–H groups in total. The van der Waals surface area contributed by atoms with Gasteiger partial charge in [0.2, 0.25) is 0 Å². The number of halogens is 1. The third-order valence-electron chi connectivity index (χ3n) is 2.83. The number of nitrogens with zero attached hydrogens (tertiary/aromatic N) is 1. The van der Waals surface area contributed by atoms with Crippen LogP contribution in [0.1, 0.15) is 16.1 Å². The standard InChI is InChI=1S/C14H13BrN2O3S/c15-9-6-8-21-13(9)14(20)17(7-5-12(18)19)11-4-2-1-3-10(11)16/h1-4,6,8H,5,7,16H2,(H,18,19). The van der Waals surface area contributed by atoms with Crippen molar-refractivity contribution in [1.29, 1.82) is 0 Å². The quantitative estimate of drug-likeness (QED) is 0.793. The van der Waals surface area contributed by atoms with Crippen molar-refractivity contribution in [2.45, 2.75) is 6.42 Å². The van der Waals surface area contributed by atoms with Crippen molar-refractivity contribution in [3.63, 3.8) is 0 Å². The molecule has 0 aliphatic carbocycles. The van der Waals surface area contributed by atoms with Gasteiger partial charge in [-0.2, -0.15) is 0 Å². The van der Waals surface area contributed by atoms with Crippen LogP contribution in [0.15, 0.2) is 40.2 Å². The first kappa shape index (κ1) is 15.5. The van der Waals surface area contributed by atoms with E-state index < -0.39 is 5.97 Å². The number of hydrogen-bond acceptors (Lipinski definition) is 4. The molecule has 110 valence electrons. The first-order valence-electron chi connectivity index (χ1n) is 6.12. The number of nitrogens with two attached hydrogens (primary N) is 1. The highest BCUT2D eigenvalue weighted by molar-refractivity contribution is 9.10. The molecule has 0 spiro atoms. The van der Waals surface area contributed by atoms with Crippen molar-refractivity contribution >= 4 is 50.5 Å². The summed E-state index contributed by atoms with van der Waals surface area (Å²) in [5.41, 5.74) is 6.86. The number of carbonyl (C=O) groups is 2. The zero-order chi connectivity index (χ0) is 15.4. The number of carboxylic acids is 1. The van der Waals surface area contributed by atoms with Crippen molar-refractivity contribution in [2.75, 3.05) is 17.2 Å². The second-order valence-corrected chi connectivity index (χ2v) is 6.03. The van der Waals surface area contributed by atoms with Gasteiger partial charge in [0.25, 0.3) is 5.91 Å². The van der Waals surface area contributed by atoms with Crippen LogP contribution in [0.2, 0.25) is 0 Å². The largest absolute Gasteiger partial charge is 0.481 e. The van der Waals surface area contributed by atoms with E-state index in [2.05, 4.69) is 15.9 Å². The van der Waals surface area contributed by atoms with Gasteiger partial charge in [-0.1, -0.05) is 12.1 Å². The van der Waals surface area contributed by atoms with Crippen molar-refractivity contribution in [2.24, 2.45) is 0 Å². The van der Waals surface area contributed by atoms with Gasteiger partial charge in [0.15, 0.2) is 0 Å². The number of thiophene rings is 1. The number of carbonyl (C=O) groups excluding carboxylic acids is 1. The smallest absolute Gasteiger partial charge is 0.305 e. The van der Waals surface area contributed by atoms with E-state index in [1.807, 2.05) is 0 Å². The summed E-state index contributed by atoms with van der Waals surface area (Å²) in [5, 5.41) is 10.7. The van der Waals surface area contributed by atoms with Crippen LogP contribution in [0, 0.1) is 0 Å². The minimum Gasteiger partial charge on any atom is -0.481 e. The average molecular weight is 369 g/mol. The molecule has 1 heterocycles. The van der Waals surface area contributed by atoms with Crippen molar-refractivity contribution < 1.29 is 14.7 Å². The fourth-order valence-electron chi connectivity index (χ4n) is 1.84. The molecule has 0 radical (unpaired) electrons. The lowest BCUT2D eigenvalue weighted by molar-refractivity contribution is -0.136. The molecule has 0 aliphatic heterocycles. The molecule has 0 unspecified atom stereocenters. The number of carboxylic acid groups (broad SMARTS) is 1. The molecule has 1 aromatic heterocycles. The highest BCUT2D eigenvalue weighted by Crippen LogP contribution is 2.29. The molecule has 2 aromatic rings. The van der Waals surface area contributed by atoms with E-state index in [4.69, 9.17) is 10.8 Å². The maximum Gasteiger partial charge on any atom is 0.305 e. The minimum absolute atomic E-state index is 0.0622. The first-order chi connectivity index (χ1) is 10.0. The topological polar surface area (TPSA) is 83.6 Å². The number of hydrogen-bond donors (Lipinski definition) is 2. The molecule has 1 aromatic carbocycles. The molecule has 0 saturated carbocycles. The lowest BCUT2D eigenvalue weighted by atomic mass is 10.2. The lowest BCUT2D eigenvalue weighted by Gasteiger charge is -2.23. The van der Waals surface area contributed by atoms with Crippen LogP contribution in [0.4, 0.5) is 11.4 Å². The number of aliphatic carboxylic acids is 1. The van der Waals surface area contributed by atoms with Crippen LogP contribution in [0.25, 0.3) is 0 Å². The Hall–Kier alpha value is -1.86. The van der Waals surface area contributed by atoms with E-state index in [-0.39, 0.29) is 18.9 Å². The molecule has 0 aliphatic rings. The molecule has 0 fully saturated rings. The summed E-state index contributed by atoms with van der Waals surface area (Å²) in [5.74, 6) is -1.23. The molecule has 0 bridgehead atoms. The summed E-state index contributed by atoms with van der Waals surface area (Å²) in [6, 6.07) is 8.69. The van der Waals surface area contributed by atoms with Crippen LogP contribution in [0.3, 0.4) is 0 Å². The molecular weight excluding hydrogens is 356 g/mol. The Labute approximate surface area is 134 Å². The molecule has 2 rings (SSSR count). The second kappa shape index (κ2) is 6.73. The summed E-state index contributed by atoms with van der Waals surface area (Å²) in [7, 11) is 0. The third-order valence-corrected chi connectivity index (χ3v) is 4.66. The van der Waals surface area contributed by atoms with Crippen LogP contribution in [0.5, 0.6) is 0 Å². The fraction of sp³-hybridized carbons (Fsp3) is 0.143. The van der Waals surface area contributed by atoms with E-state index in [0.717, 1.165) is 0 Å². The van der Waals surface area contributed by atoms with Crippen molar-refractivity contribution in [3.8, 4) is 0 Å². The summed E-state index contributed by atoms with van der Waals surface area (Å²) < 4.78 is 0.687. The summed E-state index contributed by atoms with van der Waals surface area (Å²) in [6.45, 7) is 0.0622. The van der Waals surface area contributed by atoms with Gasteiger partial charge in [-0.25, -0.2) is 0 Å². The van der Waals surface area contributed by atoms with E-state index >= 15 is 0 Å². The van der Waals surface area contributed by atoms with Gasteiger partial charge in [0.1, 0.15) is 4.88 Å². The molecule has 0 saturated heterocycles. The summed E-state index contributed by atoms with van der Waals surface area (Å²) in [4.78, 5) is 25.4. The van der Waals surface area contributed by atoms with Gasteiger partial charge in [0, 0.05) is 11.0 Å². The van der Waals surface area contributed by atoms with E-state index in [1.54, 1.807) is 35.7 Å². The summed E-state index contributed by atoms with van der Waals surface area (Å²) in [6.07, 6.45) is -0.150. The predicted octanol–water partition coefficient (Wildman–Crippen LogP) is 3.21. The molecule has 5 nitrogen and oxygen atoms in total. The van der Waals surface area contributed by atoms with E-state index in [0.29, 0.717) is 20.7 Å². The Morgan fingerprint density at radius 2 is 2.00 bits per heavy atom. The Bertz CT molecular complexity index is 672. The number of benzene rings is 1. The van der Waals surface area contributed by atoms with Crippen LogP contribution >= 0.6 is 27.3 Å². The van der Waals surface area contributed by atoms with Gasteiger partial charge in [-0.05, 0) is 39.5 Å². The number of amides is 1. The monoisotopic (exact) mass is 368 g/mol. The highest BCUT2D eigenvalue weighted by Gasteiger charge is 2.23. The Kier molecular flexibility index (Phi) is 4.98. The van der Waals surface area contributed by atoms with E-state index in [9.17, 15) is 9.59 Å². The van der Waals surface area contributed by atoms with Gasteiger partial charge in [0.05, 0.1) is 17.8 Å². The Balaban J connectivity index is 2.37. The second-order valence-electron chi connectivity index (χ2n) is 4.26. The van der Waals surface area contributed by atoms with Crippen LogP contribution in [-0.2, 0) is 4.79 Å². The number of anilines is 2. The van der Waals surface area contributed by atoms with Gasteiger partial charge >= 0.3 is 5.97 Å². The minimum atomic E-state index is -0.965. The normalized spacial score (nSPS) is 10.3. The third kappa shape index (κ3) is 3.62. The molecule has 1 amide bonds. The fourth-order valence-corrected chi connectivity index (χ4v) is 3.33. The van der Waals surface area contributed by atoms with Gasteiger partial charge in [-0.15, -0.1) is 11.3 Å². The van der Waals surface area contributed by atoms with Gasteiger partial charge in [-0.3, -0.25) is 9.59 Å².